The number of allylic oxidation sites excluding steroid dienone is 1. The van der Waals surface area contributed by atoms with E-state index in [2.05, 4.69) is 35.2 Å². The third kappa shape index (κ3) is 2.77. The molecule has 0 radical (unpaired) electrons. The van der Waals surface area contributed by atoms with Crippen LogP contribution in [0.25, 0.3) is 0 Å². The fraction of sp³-hybridized carbons (Fsp3) is 0.636. The van der Waals surface area contributed by atoms with Gasteiger partial charge in [0.25, 0.3) is 0 Å². The van der Waals surface area contributed by atoms with Crippen LogP contribution in [-0.2, 0) is 0 Å². The van der Waals surface area contributed by atoms with Crippen molar-refractivity contribution in [3.05, 3.63) is 24.0 Å². The van der Waals surface area contributed by atoms with E-state index in [1.165, 1.54) is 11.3 Å². The van der Waals surface area contributed by atoms with Crippen LogP contribution in [-0.4, -0.2) is 38.1 Å². The minimum Gasteiger partial charge on any atom is -0.392 e. The second kappa shape index (κ2) is 5.70. The molecule has 1 fully saturated rings. The molecule has 3 heteroatoms. The van der Waals surface area contributed by atoms with E-state index < -0.39 is 0 Å². The van der Waals surface area contributed by atoms with Gasteiger partial charge in [0.15, 0.2) is 0 Å². The van der Waals surface area contributed by atoms with Crippen molar-refractivity contribution < 1.29 is 0 Å². The molecule has 0 aliphatic carbocycles. The highest BCUT2D eigenvalue weighted by atomic mass is 15.2. The first kappa shape index (κ1) is 11.1. The van der Waals surface area contributed by atoms with Crippen LogP contribution >= 0.6 is 0 Å². The molecule has 80 valence electrons. The van der Waals surface area contributed by atoms with Crippen molar-refractivity contribution in [1.82, 2.24) is 15.5 Å². The summed E-state index contributed by atoms with van der Waals surface area (Å²) in [6.07, 6.45) is 3.06. The van der Waals surface area contributed by atoms with Crippen molar-refractivity contribution in [2.45, 2.75) is 13.3 Å². The molecule has 0 atom stereocenters. The van der Waals surface area contributed by atoms with Crippen LogP contribution in [0.1, 0.15) is 13.3 Å². The maximum atomic E-state index is 4.10. The van der Waals surface area contributed by atoms with Gasteiger partial charge in [-0.05, 0) is 12.0 Å². The summed E-state index contributed by atoms with van der Waals surface area (Å²) in [6.45, 7) is 10.5. The van der Waals surface area contributed by atoms with Gasteiger partial charge in [-0.2, -0.15) is 0 Å². The standard InChI is InChI=1S/C11H21N3/c1-4-10(2)11(9-12-3)14-7-5-13-6-8-14/h9,12-13H,2,4-8H2,1,3H3/b11-9+. The lowest BCUT2D eigenvalue weighted by Gasteiger charge is -2.32. The van der Waals surface area contributed by atoms with Gasteiger partial charge in [-0.1, -0.05) is 13.5 Å². The van der Waals surface area contributed by atoms with E-state index in [1.807, 2.05) is 7.05 Å². The van der Waals surface area contributed by atoms with Crippen LogP contribution in [0.3, 0.4) is 0 Å². The largest absolute Gasteiger partial charge is 0.392 e. The molecule has 0 aromatic heterocycles. The molecule has 1 saturated heterocycles. The summed E-state index contributed by atoms with van der Waals surface area (Å²) in [5, 5.41) is 6.45. The third-order valence-corrected chi connectivity index (χ3v) is 2.53. The first-order valence-corrected chi connectivity index (χ1v) is 5.30. The number of nitrogens with zero attached hydrogens (tertiary/aromatic N) is 1. The van der Waals surface area contributed by atoms with Crippen molar-refractivity contribution in [1.29, 1.82) is 0 Å². The summed E-state index contributed by atoms with van der Waals surface area (Å²) in [5.74, 6) is 0. The van der Waals surface area contributed by atoms with Gasteiger partial charge in [0.05, 0.1) is 5.70 Å². The molecule has 0 amide bonds. The molecule has 0 saturated carbocycles. The van der Waals surface area contributed by atoms with Gasteiger partial charge in [-0.3, -0.25) is 0 Å². The Hall–Kier alpha value is -0.960. The van der Waals surface area contributed by atoms with Gasteiger partial charge in [-0.15, -0.1) is 0 Å². The summed E-state index contributed by atoms with van der Waals surface area (Å²) >= 11 is 0. The number of piperazine rings is 1. The number of hydrogen-bond donors (Lipinski definition) is 2. The van der Waals surface area contributed by atoms with Crippen LogP contribution in [0.5, 0.6) is 0 Å². The molecular weight excluding hydrogens is 174 g/mol. The smallest absolute Gasteiger partial charge is 0.0553 e. The Kier molecular flexibility index (Phi) is 4.53. The average molecular weight is 195 g/mol. The fourth-order valence-corrected chi connectivity index (χ4v) is 1.64. The third-order valence-electron chi connectivity index (χ3n) is 2.53. The highest BCUT2D eigenvalue weighted by Crippen LogP contribution is 2.16. The molecule has 1 rings (SSSR count). The Morgan fingerprint density at radius 2 is 2.14 bits per heavy atom. The Morgan fingerprint density at radius 1 is 1.50 bits per heavy atom. The van der Waals surface area contributed by atoms with Gasteiger partial charge >= 0.3 is 0 Å². The van der Waals surface area contributed by atoms with Gasteiger partial charge in [-0.25, -0.2) is 0 Å². The Labute approximate surface area is 86.9 Å². The highest BCUT2D eigenvalue weighted by molar-refractivity contribution is 5.26. The second-order valence-electron chi connectivity index (χ2n) is 3.51. The lowest BCUT2D eigenvalue weighted by atomic mass is 10.1. The predicted molar refractivity (Wildman–Crippen MR) is 61.0 cm³/mol. The average Bonchev–Trinajstić information content (AvgIpc) is 2.26. The Bertz CT molecular complexity index is 215. The van der Waals surface area contributed by atoms with E-state index >= 15 is 0 Å². The molecule has 0 aromatic rings. The Morgan fingerprint density at radius 3 is 2.64 bits per heavy atom. The molecule has 1 aliphatic heterocycles. The molecule has 0 spiro atoms. The first-order valence-electron chi connectivity index (χ1n) is 5.30. The van der Waals surface area contributed by atoms with Gasteiger partial charge in [0.1, 0.15) is 0 Å². The molecule has 2 N–H and O–H groups in total. The monoisotopic (exact) mass is 195 g/mol. The maximum Gasteiger partial charge on any atom is 0.0553 e. The Balaban J connectivity index is 2.66. The molecule has 3 nitrogen and oxygen atoms in total. The zero-order valence-corrected chi connectivity index (χ0v) is 9.27. The minimum atomic E-state index is 1.01. The van der Waals surface area contributed by atoms with Crippen molar-refractivity contribution in [2.24, 2.45) is 0 Å². The molecule has 0 bridgehead atoms. The quantitative estimate of drug-likeness (QED) is 0.653. The van der Waals surface area contributed by atoms with E-state index in [4.69, 9.17) is 0 Å². The van der Waals surface area contributed by atoms with Gasteiger partial charge in [0.2, 0.25) is 0 Å². The minimum absolute atomic E-state index is 1.01. The molecule has 0 unspecified atom stereocenters. The van der Waals surface area contributed by atoms with Crippen molar-refractivity contribution in [2.75, 3.05) is 33.2 Å². The summed E-state index contributed by atoms with van der Waals surface area (Å²) in [6, 6.07) is 0. The molecule has 0 aromatic carbocycles. The molecule has 1 aliphatic rings. The summed E-state index contributed by atoms with van der Waals surface area (Å²) < 4.78 is 0. The predicted octanol–water partition coefficient (Wildman–Crippen LogP) is 0.919. The number of rotatable bonds is 4. The fourth-order valence-electron chi connectivity index (χ4n) is 1.64. The first-order chi connectivity index (χ1) is 6.79. The van der Waals surface area contributed by atoms with Crippen molar-refractivity contribution >= 4 is 0 Å². The van der Waals surface area contributed by atoms with Crippen molar-refractivity contribution in [3.63, 3.8) is 0 Å². The SMILES string of the molecule is C=C(CC)/C(=C\NC)N1CCNCC1. The van der Waals surface area contributed by atoms with E-state index in [0.29, 0.717) is 0 Å². The zero-order valence-electron chi connectivity index (χ0n) is 9.27. The van der Waals surface area contributed by atoms with Crippen LogP contribution < -0.4 is 10.6 Å². The van der Waals surface area contributed by atoms with Crippen LogP contribution in [0.15, 0.2) is 24.0 Å². The topological polar surface area (TPSA) is 27.3 Å². The normalized spacial score (nSPS) is 18.1. The number of hydrogen-bond acceptors (Lipinski definition) is 3. The van der Waals surface area contributed by atoms with Gasteiger partial charge < -0.3 is 15.5 Å². The van der Waals surface area contributed by atoms with Gasteiger partial charge in [0, 0.05) is 39.4 Å². The lowest BCUT2D eigenvalue weighted by Crippen LogP contribution is -2.43. The van der Waals surface area contributed by atoms with E-state index in [9.17, 15) is 0 Å². The number of nitrogens with one attached hydrogen (secondary N) is 2. The zero-order chi connectivity index (χ0) is 10.4. The lowest BCUT2D eigenvalue weighted by molar-refractivity contribution is 0.301. The van der Waals surface area contributed by atoms with Crippen LogP contribution in [0, 0.1) is 0 Å². The molecule has 14 heavy (non-hydrogen) atoms. The van der Waals surface area contributed by atoms with E-state index in [-0.39, 0.29) is 0 Å². The second-order valence-corrected chi connectivity index (χ2v) is 3.51. The van der Waals surface area contributed by atoms with E-state index in [0.717, 1.165) is 32.6 Å². The van der Waals surface area contributed by atoms with E-state index in [1.54, 1.807) is 0 Å². The van der Waals surface area contributed by atoms with Crippen LogP contribution in [0.4, 0.5) is 0 Å². The van der Waals surface area contributed by atoms with Crippen molar-refractivity contribution in [3.8, 4) is 0 Å². The maximum absolute atomic E-state index is 4.10. The highest BCUT2D eigenvalue weighted by Gasteiger charge is 2.13. The summed E-state index contributed by atoms with van der Waals surface area (Å²) in [5.41, 5.74) is 2.47. The molecule has 1 heterocycles. The van der Waals surface area contributed by atoms with Crippen LogP contribution in [0.2, 0.25) is 0 Å². The summed E-state index contributed by atoms with van der Waals surface area (Å²) in [4.78, 5) is 2.39. The summed E-state index contributed by atoms with van der Waals surface area (Å²) in [7, 11) is 1.94. The molecular formula is C11H21N3.